The number of benzene rings is 2. The summed E-state index contributed by atoms with van der Waals surface area (Å²) in [4.78, 5) is 28.6. The van der Waals surface area contributed by atoms with E-state index in [0.29, 0.717) is 47.3 Å². The van der Waals surface area contributed by atoms with Crippen molar-refractivity contribution in [2.45, 2.75) is 6.42 Å². The largest absolute Gasteiger partial charge is 0.496 e. The fourth-order valence-corrected chi connectivity index (χ4v) is 3.25. The van der Waals surface area contributed by atoms with Crippen molar-refractivity contribution in [2.24, 2.45) is 0 Å². The van der Waals surface area contributed by atoms with E-state index in [2.05, 4.69) is 15.6 Å². The second-order valence-electron chi connectivity index (χ2n) is 7.12. The molecular weight excluding hydrogens is 438 g/mol. The Balaban J connectivity index is 1.64. The van der Waals surface area contributed by atoms with Crippen molar-refractivity contribution in [3.63, 3.8) is 0 Å². The Kier molecular flexibility index (Phi) is 8.28. The summed E-state index contributed by atoms with van der Waals surface area (Å²) in [7, 11) is 6.06. The first-order valence-corrected chi connectivity index (χ1v) is 10.5. The zero-order chi connectivity index (χ0) is 24.5. The van der Waals surface area contributed by atoms with Crippen LogP contribution in [0.5, 0.6) is 28.7 Å². The van der Waals surface area contributed by atoms with E-state index >= 15 is 0 Å². The summed E-state index contributed by atoms with van der Waals surface area (Å²) in [5.74, 6) is 1.83. The van der Waals surface area contributed by atoms with Crippen molar-refractivity contribution in [3.8, 4) is 28.7 Å². The molecule has 0 bridgehead atoms. The van der Waals surface area contributed by atoms with Crippen LogP contribution in [0.15, 0.2) is 54.7 Å². The van der Waals surface area contributed by atoms with Gasteiger partial charge in [0.1, 0.15) is 22.9 Å². The van der Waals surface area contributed by atoms with Gasteiger partial charge in [-0.1, -0.05) is 12.1 Å². The van der Waals surface area contributed by atoms with Crippen LogP contribution in [0.3, 0.4) is 0 Å². The standard InChI is InChI=1S/C25H27N3O6/c1-26-25(30)20-13-18(9-11-27-20)34-17-7-5-6-16(12-17)8-10-28-24(29)19-14-22(32-3)23(33-4)15-21(19)31-2/h5-7,9,11-15H,8,10H2,1-4H3,(H,26,30)(H,28,29). The highest BCUT2D eigenvalue weighted by molar-refractivity contribution is 5.97. The highest BCUT2D eigenvalue weighted by atomic mass is 16.5. The summed E-state index contributed by atoms with van der Waals surface area (Å²) in [5, 5.41) is 5.43. The Hall–Kier alpha value is -4.27. The predicted molar refractivity (Wildman–Crippen MR) is 126 cm³/mol. The predicted octanol–water partition coefficient (Wildman–Crippen LogP) is 3.23. The molecule has 34 heavy (non-hydrogen) atoms. The maximum atomic E-state index is 12.8. The molecule has 0 saturated carbocycles. The van der Waals surface area contributed by atoms with E-state index in [1.165, 1.54) is 27.5 Å². The number of hydrogen-bond donors (Lipinski definition) is 2. The SMILES string of the molecule is CNC(=O)c1cc(Oc2cccc(CCNC(=O)c3cc(OC)c(OC)cc3OC)c2)ccn1. The summed E-state index contributed by atoms with van der Waals surface area (Å²) < 4.78 is 21.8. The molecule has 3 rings (SSSR count). The molecular formula is C25H27N3O6. The molecule has 2 N–H and O–H groups in total. The van der Waals surface area contributed by atoms with Crippen molar-refractivity contribution in [2.75, 3.05) is 34.9 Å². The molecule has 0 fully saturated rings. The van der Waals surface area contributed by atoms with E-state index in [-0.39, 0.29) is 17.5 Å². The van der Waals surface area contributed by atoms with E-state index < -0.39 is 0 Å². The molecule has 0 aliphatic rings. The number of amides is 2. The van der Waals surface area contributed by atoms with Gasteiger partial charge in [0.15, 0.2) is 11.5 Å². The Morgan fingerprint density at radius 1 is 0.853 bits per heavy atom. The average molecular weight is 466 g/mol. The van der Waals surface area contributed by atoms with Crippen molar-refractivity contribution in [1.82, 2.24) is 15.6 Å². The first kappa shape index (κ1) is 24.4. The van der Waals surface area contributed by atoms with Crippen LogP contribution >= 0.6 is 0 Å². The number of rotatable bonds is 10. The summed E-state index contributed by atoms with van der Waals surface area (Å²) in [5.41, 5.74) is 1.59. The number of nitrogens with one attached hydrogen (secondary N) is 2. The van der Waals surface area contributed by atoms with Gasteiger partial charge in [-0.15, -0.1) is 0 Å². The van der Waals surface area contributed by atoms with E-state index in [1.54, 1.807) is 31.3 Å². The van der Waals surface area contributed by atoms with E-state index in [1.807, 2.05) is 24.3 Å². The maximum Gasteiger partial charge on any atom is 0.269 e. The van der Waals surface area contributed by atoms with Crippen LogP contribution in [-0.4, -0.2) is 51.7 Å². The van der Waals surface area contributed by atoms with E-state index in [0.717, 1.165) is 5.56 Å². The highest BCUT2D eigenvalue weighted by Crippen LogP contribution is 2.34. The van der Waals surface area contributed by atoms with Crippen molar-refractivity contribution in [1.29, 1.82) is 0 Å². The molecule has 1 heterocycles. The number of ether oxygens (including phenoxy) is 4. The molecule has 9 heteroatoms. The third-order valence-electron chi connectivity index (χ3n) is 4.97. The van der Waals surface area contributed by atoms with Gasteiger partial charge in [-0.2, -0.15) is 0 Å². The fourth-order valence-electron chi connectivity index (χ4n) is 3.25. The molecule has 0 unspecified atom stereocenters. The number of carbonyl (C=O) groups excluding carboxylic acids is 2. The summed E-state index contributed by atoms with van der Waals surface area (Å²) >= 11 is 0. The van der Waals surface area contributed by atoms with Crippen LogP contribution < -0.4 is 29.6 Å². The minimum absolute atomic E-state index is 0.268. The summed E-state index contributed by atoms with van der Waals surface area (Å²) in [6, 6.07) is 14.0. The fraction of sp³-hybridized carbons (Fsp3) is 0.240. The van der Waals surface area contributed by atoms with Gasteiger partial charge < -0.3 is 29.6 Å². The van der Waals surface area contributed by atoms with Crippen molar-refractivity contribution >= 4 is 11.8 Å². The van der Waals surface area contributed by atoms with Crippen LogP contribution in [0.1, 0.15) is 26.4 Å². The Morgan fingerprint density at radius 3 is 2.26 bits per heavy atom. The molecule has 178 valence electrons. The topological polar surface area (TPSA) is 108 Å². The molecule has 0 saturated heterocycles. The lowest BCUT2D eigenvalue weighted by molar-refractivity contribution is 0.0945. The van der Waals surface area contributed by atoms with Gasteiger partial charge in [0, 0.05) is 38.0 Å². The third-order valence-corrected chi connectivity index (χ3v) is 4.97. The van der Waals surface area contributed by atoms with Crippen LogP contribution in [0, 0.1) is 0 Å². The number of pyridine rings is 1. The number of carbonyl (C=O) groups is 2. The van der Waals surface area contributed by atoms with Gasteiger partial charge in [-0.05, 0) is 30.2 Å². The quantitative estimate of drug-likeness (QED) is 0.473. The normalized spacial score (nSPS) is 10.2. The molecule has 3 aromatic rings. The van der Waals surface area contributed by atoms with Crippen LogP contribution in [0.2, 0.25) is 0 Å². The molecule has 0 radical (unpaired) electrons. The number of nitrogens with zero attached hydrogens (tertiary/aromatic N) is 1. The zero-order valence-electron chi connectivity index (χ0n) is 19.5. The average Bonchev–Trinajstić information content (AvgIpc) is 2.87. The zero-order valence-corrected chi connectivity index (χ0v) is 19.5. The number of methoxy groups -OCH3 is 3. The molecule has 9 nitrogen and oxygen atoms in total. The van der Waals surface area contributed by atoms with Crippen molar-refractivity contribution < 1.29 is 28.5 Å². The first-order valence-electron chi connectivity index (χ1n) is 10.5. The molecule has 1 aromatic heterocycles. The van der Waals surface area contributed by atoms with Crippen LogP contribution in [0.25, 0.3) is 0 Å². The Labute approximate surface area is 198 Å². The lowest BCUT2D eigenvalue weighted by atomic mass is 10.1. The second kappa shape index (κ2) is 11.6. The smallest absolute Gasteiger partial charge is 0.269 e. The lowest BCUT2D eigenvalue weighted by Crippen LogP contribution is -2.26. The van der Waals surface area contributed by atoms with E-state index in [9.17, 15) is 9.59 Å². The molecule has 0 aliphatic carbocycles. The van der Waals surface area contributed by atoms with Gasteiger partial charge in [0.05, 0.1) is 26.9 Å². The summed E-state index contributed by atoms with van der Waals surface area (Å²) in [6.07, 6.45) is 2.10. The molecule has 0 aliphatic heterocycles. The van der Waals surface area contributed by atoms with Crippen molar-refractivity contribution in [3.05, 3.63) is 71.5 Å². The van der Waals surface area contributed by atoms with Gasteiger partial charge in [0.25, 0.3) is 11.8 Å². The summed E-state index contributed by atoms with van der Waals surface area (Å²) in [6.45, 7) is 0.399. The van der Waals surface area contributed by atoms with Crippen LogP contribution in [-0.2, 0) is 6.42 Å². The minimum atomic E-state index is -0.291. The second-order valence-corrected chi connectivity index (χ2v) is 7.12. The Morgan fingerprint density at radius 2 is 1.56 bits per heavy atom. The number of hydrogen-bond acceptors (Lipinski definition) is 7. The molecule has 2 aromatic carbocycles. The van der Waals surface area contributed by atoms with Crippen LogP contribution in [0.4, 0.5) is 0 Å². The third kappa shape index (κ3) is 5.94. The lowest BCUT2D eigenvalue weighted by Gasteiger charge is -2.14. The molecule has 0 atom stereocenters. The maximum absolute atomic E-state index is 12.8. The van der Waals surface area contributed by atoms with Gasteiger partial charge in [-0.25, -0.2) is 0 Å². The van der Waals surface area contributed by atoms with Gasteiger partial charge >= 0.3 is 0 Å². The van der Waals surface area contributed by atoms with Gasteiger partial charge in [-0.3, -0.25) is 14.6 Å². The Bertz CT molecular complexity index is 1170. The number of aromatic nitrogens is 1. The molecule has 0 spiro atoms. The van der Waals surface area contributed by atoms with E-state index in [4.69, 9.17) is 18.9 Å². The molecule has 2 amide bonds. The highest BCUT2D eigenvalue weighted by Gasteiger charge is 2.17. The first-order chi connectivity index (χ1) is 16.5. The van der Waals surface area contributed by atoms with Gasteiger partial charge in [0.2, 0.25) is 0 Å². The monoisotopic (exact) mass is 465 g/mol. The minimum Gasteiger partial charge on any atom is -0.496 e.